The number of imidazole rings is 1. The second-order valence-electron chi connectivity index (χ2n) is 9.51. The van der Waals surface area contributed by atoms with Gasteiger partial charge in [-0.2, -0.15) is 15.1 Å². The van der Waals surface area contributed by atoms with E-state index < -0.39 is 5.60 Å². The van der Waals surface area contributed by atoms with Gasteiger partial charge in [0.05, 0.1) is 0 Å². The number of nitrogens with zero attached hydrogens (tertiary/aromatic N) is 7. The molecule has 186 valence electrons. The summed E-state index contributed by atoms with van der Waals surface area (Å²) < 4.78 is 7.40. The van der Waals surface area contributed by atoms with Crippen LogP contribution in [0.4, 0.5) is 22.4 Å². The zero-order chi connectivity index (χ0) is 25.4. The molecular weight excluding hydrogens is 460 g/mol. The molecule has 12 heteroatoms. The van der Waals surface area contributed by atoms with E-state index in [0.717, 1.165) is 11.1 Å². The van der Waals surface area contributed by atoms with Crippen molar-refractivity contribution < 1.29 is 9.53 Å². The summed E-state index contributed by atoms with van der Waals surface area (Å²) in [6.45, 7) is 8.44. The van der Waals surface area contributed by atoms with Gasteiger partial charge in [-0.1, -0.05) is 6.08 Å². The van der Waals surface area contributed by atoms with Gasteiger partial charge in [0.25, 0.3) is 0 Å². The van der Waals surface area contributed by atoms with Gasteiger partial charge in [0.15, 0.2) is 17.5 Å². The third-order valence-corrected chi connectivity index (χ3v) is 5.58. The average molecular weight is 489 g/mol. The number of aromatic amines is 1. The maximum atomic E-state index is 12.4. The lowest BCUT2D eigenvalue weighted by Crippen LogP contribution is -2.39. The Morgan fingerprint density at radius 2 is 2.03 bits per heavy atom. The summed E-state index contributed by atoms with van der Waals surface area (Å²) in [6, 6.07) is 5.82. The van der Waals surface area contributed by atoms with Gasteiger partial charge >= 0.3 is 6.09 Å². The van der Waals surface area contributed by atoms with E-state index in [9.17, 15) is 4.79 Å². The minimum atomic E-state index is -0.520. The molecule has 5 heterocycles. The van der Waals surface area contributed by atoms with E-state index >= 15 is 0 Å². The zero-order valence-corrected chi connectivity index (χ0v) is 20.6. The Labute approximate surface area is 207 Å². The van der Waals surface area contributed by atoms with Crippen molar-refractivity contribution in [2.75, 3.05) is 24.1 Å². The standard InChI is InChI=1S/C24H28N10O2/c1-14-27-20(31-22(25)28-14)19-21(29-17-5-9-26-32-17)30-18-13-16(8-12-34(18)19)15-6-10-33(11-7-15)23(35)36-24(2,3)4/h5-6,8-9,12-13H,7,10-11H2,1-4H3,(H2,26,29,32)(H2,25,27,28,31). The predicted octanol–water partition coefficient (Wildman–Crippen LogP) is 3.57. The summed E-state index contributed by atoms with van der Waals surface area (Å²) in [5.41, 5.74) is 8.91. The van der Waals surface area contributed by atoms with E-state index in [1.807, 2.05) is 43.5 Å². The molecule has 1 aliphatic heterocycles. The minimum absolute atomic E-state index is 0.136. The van der Waals surface area contributed by atoms with Gasteiger partial charge in [-0.3, -0.25) is 9.50 Å². The minimum Gasteiger partial charge on any atom is -0.444 e. The van der Waals surface area contributed by atoms with Crippen LogP contribution in [0.1, 0.15) is 38.6 Å². The predicted molar refractivity (Wildman–Crippen MR) is 135 cm³/mol. The molecule has 0 saturated carbocycles. The molecule has 5 rings (SSSR count). The van der Waals surface area contributed by atoms with E-state index in [-0.39, 0.29) is 12.0 Å². The molecule has 0 aromatic carbocycles. The number of carbonyl (C=O) groups excluding carboxylic acids is 1. The summed E-state index contributed by atoms with van der Waals surface area (Å²) in [6.07, 6.45) is 6.12. The van der Waals surface area contributed by atoms with Crippen LogP contribution in [-0.4, -0.2) is 64.2 Å². The van der Waals surface area contributed by atoms with E-state index in [4.69, 9.17) is 15.5 Å². The number of anilines is 3. The van der Waals surface area contributed by atoms with Gasteiger partial charge in [-0.05, 0) is 57.4 Å². The molecular formula is C24H28N10O2. The largest absolute Gasteiger partial charge is 0.444 e. The molecule has 12 nitrogen and oxygen atoms in total. The van der Waals surface area contributed by atoms with Crippen molar-refractivity contribution in [2.24, 2.45) is 0 Å². The number of pyridine rings is 1. The number of hydrogen-bond donors (Lipinski definition) is 3. The third kappa shape index (κ3) is 4.83. The molecule has 0 atom stereocenters. The number of hydrogen-bond acceptors (Lipinski definition) is 9. The van der Waals surface area contributed by atoms with Crippen LogP contribution in [0, 0.1) is 6.92 Å². The number of H-pyrrole nitrogens is 1. The van der Waals surface area contributed by atoms with E-state index in [1.165, 1.54) is 0 Å². The number of nitrogen functional groups attached to an aromatic ring is 1. The Balaban J connectivity index is 1.49. The fourth-order valence-corrected chi connectivity index (χ4v) is 4.03. The SMILES string of the molecule is Cc1nc(N)nc(-c2c(Nc3cc[nH]n3)nc3cc(C4=CCN(C(=O)OC(C)(C)C)CC4)ccn23)n1. The van der Waals surface area contributed by atoms with Crippen molar-refractivity contribution in [1.82, 2.24) is 39.4 Å². The van der Waals surface area contributed by atoms with Crippen LogP contribution in [0.25, 0.3) is 22.7 Å². The first-order chi connectivity index (χ1) is 17.2. The molecule has 4 aromatic rings. The zero-order valence-electron chi connectivity index (χ0n) is 20.6. The number of amides is 1. The molecule has 0 spiro atoms. The first kappa shape index (κ1) is 23.3. The summed E-state index contributed by atoms with van der Waals surface area (Å²) in [5.74, 6) is 2.20. The second kappa shape index (κ2) is 8.95. The van der Waals surface area contributed by atoms with E-state index in [1.54, 1.807) is 24.1 Å². The normalized spacial score (nSPS) is 14.1. The van der Waals surface area contributed by atoms with Crippen LogP contribution >= 0.6 is 0 Å². The highest BCUT2D eigenvalue weighted by atomic mass is 16.6. The summed E-state index contributed by atoms with van der Waals surface area (Å²) in [5, 5.41) is 10.2. The first-order valence-corrected chi connectivity index (χ1v) is 11.6. The molecule has 1 amide bonds. The highest BCUT2D eigenvalue weighted by molar-refractivity contribution is 5.79. The molecule has 36 heavy (non-hydrogen) atoms. The van der Waals surface area contributed by atoms with Crippen molar-refractivity contribution in [1.29, 1.82) is 0 Å². The Morgan fingerprint density at radius 3 is 2.69 bits per heavy atom. The molecule has 0 saturated heterocycles. The van der Waals surface area contributed by atoms with Gasteiger partial charge < -0.3 is 20.7 Å². The lowest BCUT2D eigenvalue weighted by atomic mass is 10.0. The number of aromatic nitrogens is 7. The molecule has 0 radical (unpaired) electrons. The van der Waals surface area contributed by atoms with Crippen molar-refractivity contribution in [2.45, 2.75) is 39.7 Å². The lowest BCUT2D eigenvalue weighted by molar-refractivity contribution is 0.0270. The van der Waals surface area contributed by atoms with Crippen LogP contribution in [0.2, 0.25) is 0 Å². The van der Waals surface area contributed by atoms with Crippen LogP contribution in [-0.2, 0) is 4.74 Å². The number of nitrogens with one attached hydrogen (secondary N) is 2. The van der Waals surface area contributed by atoms with Crippen molar-refractivity contribution in [3.8, 4) is 11.5 Å². The average Bonchev–Trinajstić information content (AvgIpc) is 3.44. The Hall–Kier alpha value is -4.48. The highest BCUT2D eigenvalue weighted by Gasteiger charge is 2.25. The van der Waals surface area contributed by atoms with Crippen LogP contribution in [0.5, 0.6) is 0 Å². The van der Waals surface area contributed by atoms with Crippen LogP contribution in [0.15, 0.2) is 36.7 Å². The smallest absolute Gasteiger partial charge is 0.410 e. The number of fused-ring (bicyclic) bond motifs is 1. The van der Waals surface area contributed by atoms with Gasteiger partial charge in [-0.25, -0.2) is 14.8 Å². The number of aryl methyl sites for hydroxylation is 1. The molecule has 4 aromatic heterocycles. The number of carbonyl (C=O) groups is 1. The quantitative estimate of drug-likeness (QED) is 0.391. The molecule has 1 aliphatic rings. The summed E-state index contributed by atoms with van der Waals surface area (Å²) >= 11 is 0. The van der Waals surface area contributed by atoms with Gasteiger partial charge in [-0.15, -0.1) is 0 Å². The van der Waals surface area contributed by atoms with E-state index in [2.05, 4.69) is 36.5 Å². The first-order valence-electron chi connectivity index (χ1n) is 11.6. The Bertz CT molecular complexity index is 1430. The van der Waals surface area contributed by atoms with Crippen LogP contribution < -0.4 is 11.1 Å². The van der Waals surface area contributed by atoms with Gasteiger partial charge in [0.1, 0.15) is 22.8 Å². The number of ether oxygens (including phenoxy) is 1. The van der Waals surface area contributed by atoms with Crippen molar-refractivity contribution in [3.63, 3.8) is 0 Å². The maximum absolute atomic E-state index is 12.4. The molecule has 0 bridgehead atoms. The molecule has 0 aliphatic carbocycles. The monoisotopic (exact) mass is 488 g/mol. The maximum Gasteiger partial charge on any atom is 0.410 e. The van der Waals surface area contributed by atoms with Crippen molar-refractivity contribution >= 4 is 34.9 Å². The molecule has 4 N–H and O–H groups in total. The highest BCUT2D eigenvalue weighted by Crippen LogP contribution is 2.31. The lowest BCUT2D eigenvalue weighted by Gasteiger charge is -2.29. The molecule has 0 unspecified atom stereocenters. The van der Waals surface area contributed by atoms with Crippen molar-refractivity contribution in [3.05, 3.63) is 48.1 Å². The third-order valence-electron chi connectivity index (χ3n) is 5.58. The van der Waals surface area contributed by atoms with Gasteiger partial charge in [0, 0.05) is 31.5 Å². The fourth-order valence-electron chi connectivity index (χ4n) is 4.03. The second-order valence-corrected chi connectivity index (χ2v) is 9.51. The van der Waals surface area contributed by atoms with Crippen LogP contribution in [0.3, 0.4) is 0 Å². The number of nitrogens with two attached hydrogens (primary N) is 1. The fraction of sp³-hybridized carbons (Fsp3) is 0.333. The summed E-state index contributed by atoms with van der Waals surface area (Å²) in [4.78, 5) is 31.8. The van der Waals surface area contributed by atoms with Gasteiger partial charge in [0.2, 0.25) is 5.95 Å². The topological polar surface area (TPSA) is 152 Å². The number of rotatable bonds is 4. The Kier molecular flexibility index (Phi) is 5.78. The summed E-state index contributed by atoms with van der Waals surface area (Å²) in [7, 11) is 0. The van der Waals surface area contributed by atoms with E-state index in [0.29, 0.717) is 54.1 Å². The molecule has 0 fully saturated rings. The Morgan fingerprint density at radius 1 is 1.19 bits per heavy atom.